The van der Waals surface area contributed by atoms with E-state index in [1.54, 1.807) is 17.0 Å². The predicted octanol–water partition coefficient (Wildman–Crippen LogP) is 5.97. The molecule has 1 aromatic heterocycles. The summed E-state index contributed by atoms with van der Waals surface area (Å²) in [6, 6.07) is 11.0. The van der Waals surface area contributed by atoms with Gasteiger partial charge in [-0.25, -0.2) is 4.79 Å². The minimum Gasteiger partial charge on any atom is -0.491 e. The standard InChI is InChI=1S/C25H28ClN3O5/c1-15(2)32-20-9-8-17(12-19(20)26)23-27-22(28-34-23)16-6-7-18-14-29(10-11-31-21(18)13-16)24(30)33-25(3,4)5/h6-9,12-13,15H,10-11,14H2,1-5H3. The normalized spacial score (nSPS) is 13.8. The van der Waals surface area contributed by atoms with Crippen LogP contribution in [0.2, 0.25) is 5.02 Å². The molecule has 0 bridgehead atoms. The highest BCUT2D eigenvalue weighted by molar-refractivity contribution is 6.32. The lowest BCUT2D eigenvalue weighted by Gasteiger charge is -2.26. The highest BCUT2D eigenvalue weighted by Crippen LogP contribution is 2.33. The molecule has 1 amide bonds. The van der Waals surface area contributed by atoms with Crippen molar-refractivity contribution in [2.24, 2.45) is 0 Å². The summed E-state index contributed by atoms with van der Waals surface area (Å²) in [4.78, 5) is 18.7. The predicted molar refractivity (Wildman–Crippen MR) is 128 cm³/mol. The van der Waals surface area contributed by atoms with Crippen molar-refractivity contribution in [3.05, 3.63) is 47.0 Å². The van der Waals surface area contributed by atoms with Crippen LogP contribution in [0, 0.1) is 0 Å². The van der Waals surface area contributed by atoms with E-state index in [1.165, 1.54) is 0 Å². The molecule has 0 atom stereocenters. The Bertz CT molecular complexity index is 1190. The van der Waals surface area contributed by atoms with Crippen LogP contribution in [-0.4, -0.2) is 46.0 Å². The number of carbonyl (C=O) groups is 1. The number of aromatic nitrogens is 2. The Morgan fingerprint density at radius 2 is 1.91 bits per heavy atom. The lowest BCUT2D eigenvalue weighted by Crippen LogP contribution is -2.37. The van der Waals surface area contributed by atoms with Crippen LogP contribution in [0.5, 0.6) is 11.5 Å². The van der Waals surface area contributed by atoms with Crippen molar-refractivity contribution >= 4 is 17.7 Å². The summed E-state index contributed by atoms with van der Waals surface area (Å²) in [7, 11) is 0. The minimum atomic E-state index is -0.556. The van der Waals surface area contributed by atoms with E-state index in [9.17, 15) is 4.79 Å². The molecule has 1 aliphatic heterocycles. The highest BCUT2D eigenvalue weighted by Gasteiger charge is 2.25. The average molecular weight is 486 g/mol. The van der Waals surface area contributed by atoms with Crippen LogP contribution in [-0.2, 0) is 11.3 Å². The van der Waals surface area contributed by atoms with Gasteiger partial charge in [-0.1, -0.05) is 28.9 Å². The van der Waals surface area contributed by atoms with Crippen molar-refractivity contribution in [2.75, 3.05) is 13.2 Å². The van der Waals surface area contributed by atoms with Gasteiger partial charge in [-0.3, -0.25) is 0 Å². The first-order valence-corrected chi connectivity index (χ1v) is 11.5. The molecule has 0 N–H and O–H groups in total. The number of amides is 1. The molecular weight excluding hydrogens is 458 g/mol. The van der Waals surface area contributed by atoms with Crippen molar-refractivity contribution < 1.29 is 23.5 Å². The van der Waals surface area contributed by atoms with Gasteiger partial charge >= 0.3 is 6.09 Å². The molecule has 34 heavy (non-hydrogen) atoms. The number of benzene rings is 2. The fraction of sp³-hybridized carbons (Fsp3) is 0.400. The number of carbonyl (C=O) groups excluding carboxylic acids is 1. The van der Waals surface area contributed by atoms with Gasteiger partial charge in [0.25, 0.3) is 5.89 Å². The molecule has 0 radical (unpaired) electrons. The minimum absolute atomic E-state index is 0.0185. The number of halogens is 1. The molecule has 8 nitrogen and oxygen atoms in total. The smallest absolute Gasteiger partial charge is 0.410 e. The van der Waals surface area contributed by atoms with Crippen LogP contribution in [0.1, 0.15) is 40.2 Å². The van der Waals surface area contributed by atoms with Gasteiger partial charge in [0.15, 0.2) is 0 Å². The van der Waals surface area contributed by atoms with E-state index in [2.05, 4.69) is 10.1 Å². The molecule has 1 aliphatic rings. The largest absolute Gasteiger partial charge is 0.491 e. The zero-order valence-electron chi connectivity index (χ0n) is 19.9. The summed E-state index contributed by atoms with van der Waals surface area (Å²) < 4.78 is 22.6. The number of hydrogen-bond donors (Lipinski definition) is 0. The van der Waals surface area contributed by atoms with Crippen molar-refractivity contribution in [2.45, 2.75) is 52.9 Å². The lowest BCUT2D eigenvalue weighted by atomic mass is 10.1. The molecule has 0 saturated heterocycles. The van der Waals surface area contributed by atoms with E-state index < -0.39 is 5.60 Å². The first-order chi connectivity index (χ1) is 16.1. The third-order valence-corrected chi connectivity index (χ3v) is 5.22. The number of rotatable bonds is 4. The second-order valence-corrected chi connectivity index (χ2v) is 9.72. The van der Waals surface area contributed by atoms with Gasteiger partial charge in [-0.05, 0) is 58.9 Å². The van der Waals surface area contributed by atoms with Gasteiger partial charge in [0, 0.05) is 16.7 Å². The summed E-state index contributed by atoms with van der Waals surface area (Å²) >= 11 is 6.34. The van der Waals surface area contributed by atoms with E-state index in [0.717, 1.165) is 11.1 Å². The fourth-order valence-corrected chi connectivity index (χ4v) is 3.66. The van der Waals surface area contributed by atoms with Crippen LogP contribution in [0.15, 0.2) is 40.9 Å². The maximum absolute atomic E-state index is 12.5. The summed E-state index contributed by atoms with van der Waals surface area (Å²) in [5.41, 5.74) is 1.76. The van der Waals surface area contributed by atoms with Crippen LogP contribution in [0.25, 0.3) is 22.8 Å². The van der Waals surface area contributed by atoms with E-state index in [4.69, 9.17) is 30.3 Å². The summed E-state index contributed by atoms with van der Waals surface area (Å²) in [5.74, 6) is 2.05. The first kappa shape index (κ1) is 23.9. The van der Waals surface area contributed by atoms with Crippen LogP contribution < -0.4 is 9.47 Å². The lowest BCUT2D eigenvalue weighted by molar-refractivity contribution is 0.0225. The number of ether oxygens (including phenoxy) is 3. The molecule has 9 heteroatoms. The SMILES string of the molecule is CC(C)Oc1ccc(-c2nc(-c3ccc4c(c3)OCCN(C(=O)OC(C)(C)C)C4)no2)cc1Cl. The van der Waals surface area contributed by atoms with Crippen molar-refractivity contribution in [1.82, 2.24) is 15.0 Å². The van der Waals surface area contributed by atoms with Gasteiger partial charge < -0.3 is 23.6 Å². The van der Waals surface area contributed by atoms with Crippen molar-refractivity contribution in [3.63, 3.8) is 0 Å². The molecule has 0 fully saturated rings. The maximum Gasteiger partial charge on any atom is 0.410 e. The quantitative estimate of drug-likeness (QED) is 0.449. The number of fused-ring (bicyclic) bond motifs is 1. The van der Waals surface area contributed by atoms with Gasteiger partial charge in [-0.2, -0.15) is 4.98 Å². The van der Waals surface area contributed by atoms with Gasteiger partial charge in [0.1, 0.15) is 23.7 Å². The molecule has 180 valence electrons. The average Bonchev–Trinajstić information content (AvgIpc) is 3.14. The van der Waals surface area contributed by atoms with E-state index >= 15 is 0 Å². The summed E-state index contributed by atoms with van der Waals surface area (Å²) in [5, 5.41) is 4.59. The maximum atomic E-state index is 12.5. The van der Waals surface area contributed by atoms with Gasteiger partial charge in [-0.15, -0.1) is 0 Å². The Hall–Kier alpha value is -3.26. The van der Waals surface area contributed by atoms with Crippen LogP contribution in [0.3, 0.4) is 0 Å². The number of hydrogen-bond acceptors (Lipinski definition) is 7. The van der Waals surface area contributed by atoms with Crippen molar-refractivity contribution in [1.29, 1.82) is 0 Å². The molecule has 2 aromatic carbocycles. The Kier molecular flexibility index (Phi) is 6.70. The fourth-order valence-electron chi connectivity index (χ4n) is 3.43. The Morgan fingerprint density at radius 3 is 2.62 bits per heavy atom. The Morgan fingerprint density at radius 1 is 1.15 bits per heavy atom. The molecule has 0 saturated carbocycles. The van der Waals surface area contributed by atoms with E-state index in [1.807, 2.05) is 58.9 Å². The molecule has 0 spiro atoms. The Balaban J connectivity index is 1.52. The second kappa shape index (κ2) is 9.54. The second-order valence-electron chi connectivity index (χ2n) is 9.31. The first-order valence-electron chi connectivity index (χ1n) is 11.1. The summed E-state index contributed by atoms with van der Waals surface area (Å²) in [6.07, 6.45) is -0.343. The van der Waals surface area contributed by atoms with E-state index in [-0.39, 0.29) is 12.2 Å². The molecule has 3 aromatic rings. The number of nitrogens with zero attached hydrogens (tertiary/aromatic N) is 3. The molecule has 2 heterocycles. The molecule has 0 unspecified atom stereocenters. The van der Waals surface area contributed by atoms with Gasteiger partial charge in [0.05, 0.1) is 24.2 Å². The highest BCUT2D eigenvalue weighted by atomic mass is 35.5. The van der Waals surface area contributed by atoms with Gasteiger partial charge in [0.2, 0.25) is 5.82 Å². The Labute approximate surface area is 203 Å². The van der Waals surface area contributed by atoms with Crippen molar-refractivity contribution in [3.8, 4) is 34.3 Å². The molecule has 4 rings (SSSR count). The summed E-state index contributed by atoms with van der Waals surface area (Å²) in [6.45, 7) is 10.6. The zero-order chi connectivity index (χ0) is 24.5. The van der Waals surface area contributed by atoms with Crippen LogP contribution >= 0.6 is 11.6 Å². The molecule has 0 aliphatic carbocycles. The molecular formula is C25H28ClN3O5. The third kappa shape index (κ3) is 5.62. The monoisotopic (exact) mass is 485 g/mol. The third-order valence-electron chi connectivity index (χ3n) is 4.92. The topological polar surface area (TPSA) is 86.9 Å². The van der Waals surface area contributed by atoms with E-state index in [0.29, 0.717) is 53.5 Å². The zero-order valence-corrected chi connectivity index (χ0v) is 20.7. The van der Waals surface area contributed by atoms with Crippen LogP contribution in [0.4, 0.5) is 4.79 Å².